The number of carbonyl (C=O) groups excluding carboxylic acids is 3. The highest BCUT2D eigenvalue weighted by atomic mass is 32.2. The molecule has 3 aromatic carbocycles. The molecule has 43 heavy (non-hydrogen) atoms. The molecule has 1 saturated heterocycles. The van der Waals surface area contributed by atoms with Gasteiger partial charge in [-0.2, -0.15) is 9.78 Å². The van der Waals surface area contributed by atoms with Crippen LogP contribution in [0.1, 0.15) is 37.3 Å². The number of thioether (sulfide) groups is 1. The summed E-state index contributed by atoms with van der Waals surface area (Å²) in [5, 5.41) is 4.63. The van der Waals surface area contributed by atoms with Gasteiger partial charge in [-0.15, -0.1) is 11.8 Å². The number of hydrogen-bond acceptors (Lipinski definition) is 11. The second-order valence-electron chi connectivity index (χ2n) is 9.21. The molecule has 0 aliphatic carbocycles. The highest BCUT2D eigenvalue weighted by molar-refractivity contribution is 7.98. The minimum atomic E-state index is -1.38. The summed E-state index contributed by atoms with van der Waals surface area (Å²) in [6.07, 6.45) is -3.52. The second kappa shape index (κ2) is 13.6. The molecule has 0 radical (unpaired) electrons. The van der Waals surface area contributed by atoms with Gasteiger partial charge in [0.2, 0.25) is 0 Å². The molecule has 0 amide bonds. The van der Waals surface area contributed by atoms with Crippen LogP contribution in [0.2, 0.25) is 0 Å². The molecule has 1 aliphatic rings. The topological polar surface area (TPSA) is 139 Å². The van der Waals surface area contributed by atoms with Gasteiger partial charge in [0, 0.05) is 0 Å². The van der Waals surface area contributed by atoms with E-state index in [2.05, 4.69) is 10.1 Å². The Balaban J connectivity index is 1.53. The maximum Gasteiger partial charge on any atom is 0.345 e. The van der Waals surface area contributed by atoms with Gasteiger partial charge in [-0.05, 0) is 42.7 Å². The van der Waals surface area contributed by atoms with Crippen molar-refractivity contribution in [3.05, 3.63) is 123 Å². The van der Waals surface area contributed by atoms with Crippen molar-refractivity contribution < 1.29 is 33.3 Å². The first-order valence-electron chi connectivity index (χ1n) is 13.0. The average molecular weight is 620 g/mol. The molecule has 1 aliphatic heterocycles. The Bertz CT molecular complexity index is 1710. The van der Waals surface area contributed by atoms with E-state index in [1.165, 1.54) is 11.8 Å². The van der Waals surface area contributed by atoms with Gasteiger partial charge in [-0.25, -0.2) is 19.2 Å². The monoisotopic (exact) mass is 619 g/mol. The van der Waals surface area contributed by atoms with Gasteiger partial charge in [-0.1, -0.05) is 66.8 Å². The molecule has 13 heteroatoms. The van der Waals surface area contributed by atoms with Crippen LogP contribution in [-0.4, -0.2) is 63.8 Å². The van der Waals surface area contributed by atoms with E-state index in [1.54, 1.807) is 97.3 Å². The number of rotatable bonds is 9. The largest absolute Gasteiger partial charge is 0.459 e. The third-order valence-electron chi connectivity index (χ3n) is 6.43. The predicted octanol–water partition coefficient (Wildman–Crippen LogP) is 4.23. The van der Waals surface area contributed by atoms with Crippen molar-refractivity contribution in [3.63, 3.8) is 0 Å². The Morgan fingerprint density at radius 1 is 0.837 bits per heavy atom. The fourth-order valence-electron chi connectivity index (χ4n) is 4.36. The highest BCUT2D eigenvalue weighted by Gasteiger charge is 2.52. The lowest BCUT2D eigenvalue weighted by Gasteiger charge is -2.24. The number of esters is 3. The number of hydrogen-bond donors (Lipinski definition) is 1. The number of aromatic nitrogens is 3. The molecule has 0 spiro atoms. The maximum absolute atomic E-state index is 13.3. The van der Waals surface area contributed by atoms with E-state index in [9.17, 15) is 19.2 Å². The van der Waals surface area contributed by atoms with E-state index < -0.39 is 54.7 Å². The molecule has 5 rings (SSSR count). The zero-order valence-electron chi connectivity index (χ0n) is 22.7. The van der Waals surface area contributed by atoms with Crippen LogP contribution in [0.15, 0.2) is 101 Å². The standard InChI is InChI=1S/C30H25N3O8S2/c1-43-25-24(42)31-30(37)33(32-25)26-23(41-29(36)20-15-9-4-10-16-20)22(40-28(35)19-13-7-3-8-14-19)21(39-26)17-38-27(34)18-11-5-2-6-12-18/h2-16,21-23,26H,17H2,1H3,(H,31,37,42)/t21-,22-,23-,26-/m1/s1. The zero-order valence-corrected chi connectivity index (χ0v) is 24.3. The molecule has 1 aromatic heterocycles. The van der Waals surface area contributed by atoms with Gasteiger partial charge in [0.1, 0.15) is 17.4 Å². The van der Waals surface area contributed by atoms with Crippen LogP contribution in [0.4, 0.5) is 0 Å². The fourth-order valence-corrected chi connectivity index (χ4v) is 5.14. The third kappa shape index (κ3) is 6.91. The minimum absolute atomic E-state index is 0.116. The van der Waals surface area contributed by atoms with Crippen molar-refractivity contribution in [1.29, 1.82) is 0 Å². The Hall–Kier alpha value is -4.59. The molecule has 0 unspecified atom stereocenters. The SMILES string of the molecule is CSc1nn([C@@H]2O[C@H](COC(=O)c3ccccc3)[C@@H](OC(=O)c3ccccc3)[C@H]2OC(=O)c2ccccc2)c(=O)[nH]c1=S. The van der Waals surface area contributed by atoms with Gasteiger partial charge in [0.25, 0.3) is 0 Å². The van der Waals surface area contributed by atoms with Crippen LogP contribution >= 0.6 is 24.0 Å². The Kier molecular flexibility index (Phi) is 9.45. The summed E-state index contributed by atoms with van der Waals surface area (Å²) >= 11 is 6.39. The minimum Gasteiger partial charge on any atom is -0.459 e. The maximum atomic E-state index is 13.3. The average Bonchev–Trinajstić information content (AvgIpc) is 3.36. The smallest absolute Gasteiger partial charge is 0.345 e. The van der Waals surface area contributed by atoms with Crippen molar-refractivity contribution in [2.45, 2.75) is 29.6 Å². The van der Waals surface area contributed by atoms with Crippen molar-refractivity contribution in [1.82, 2.24) is 14.8 Å². The third-order valence-corrected chi connectivity index (χ3v) is 7.53. The molecule has 0 bridgehead atoms. The highest BCUT2D eigenvalue weighted by Crippen LogP contribution is 2.34. The second-order valence-corrected chi connectivity index (χ2v) is 10.4. The molecule has 1 fully saturated rings. The summed E-state index contributed by atoms with van der Waals surface area (Å²) < 4.78 is 24.4. The fraction of sp³-hybridized carbons (Fsp3) is 0.200. The van der Waals surface area contributed by atoms with Gasteiger partial charge in [-0.3, -0.25) is 4.98 Å². The molecular formula is C30H25N3O8S2. The molecule has 2 heterocycles. The summed E-state index contributed by atoms with van der Waals surface area (Å²) in [5.74, 6) is -2.15. The molecule has 0 saturated carbocycles. The van der Waals surface area contributed by atoms with Crippen LogP contribution in [0.3, 0.4) is 0 Å². The molecule has 11 nitrogen and oxygen atoms in total. The zero-order chi connectivity index (χ0) is 30.3. The lowest BCUT2D eigenvalue weighted by Crippen LogP contribution is -2.43. The van der Waals surface area contributed by atoms with Crippen molar-refractivity contribution in [2.75, 3.05) is 12.9 Å². The van der Waals surface area contributed by atoms with E-state index in [0.29, 0.717) is 10.6 Å². The number of ether oxygens (including phenoxy) is 4. The molecule has 4 atom stereocenters. The van der Waals surface area contributed by atoms with E-state index in [4.69, 9.17) is 31.2 Å². The van der Waals surface area contributed by atoms with Crippen molar-refractivity contribution >= 4 is 41.9 Å². The van der Waals surface area contributed by atoms with E-state index in [1.807, 2.05) is 0 Å². The van der Waals surface area contributed by atoms with E-state index in [-0.39, 0.29) is 15.8 Å². The predicted molar refractivity (Wildman–Crippen MR) is 157 cm³/mol. The molecular weight excluding hydrogens is 594 g/mol. The first-order valence-corrected chi connectivity index (χ1v) is 14.7. The summed E-state index contributed by atoms with van der Waals surface area (Å²) in [6.45, 7) is -0.399. The van der Waals surface area contributed by atoms with Gasteiger partial charge in [0.15, 0.2) is 23.5 Å². The van der Waals surface area contributed by atoms with Crippen LogP contribution in [-0.2, 0) is 18.9 Å². The van der Waals surface area contributed by atoms with E-state index >= 15 is 0 Å². The quantitative estimate of drug-likeness (QED) is 0.125. The summed E-state index contributed by atoms with van der Waals surface area (Å²) in [5.41, 5.74) is -0.0162. The number of aromatic amines is 1. The Morgan fingerprint density at radius 3 is 1.84 bits per heavy atom. The van der Waals surface area contributed by atoms with Crippen molar-refractivity contribution in [3.8, 4) is 0 Å². The lowest BCUT2D eigenvalue weighted by atomic mass is 10.1. The number of nitrogens with one attached hydrogen (secondary N) is 1. The number of nitrogens with zero attached hydrogens (tertiary/aromatic N) is 2. The Labute approximate surface area is 254 Å². The van der Waals surface area contributed by atoms with Crippen LogP contribution < -0.4 is 5.69 Å². The van der Waals surface area contributed by atoms with Gasteiger partial charge in [0.05, 0.1) is 16.7 Å². The van der Waals surface area contributed by atoms with Crippen LogP contribution in [0, 0.1) is 4.64 Å². The number of H-pyrrole nitrogens is 1. The lowest BCUT2D eigenvalue weighted by molar-refractivity contribution is -0.0706. The molecule has 4 aromatic rings. The summed E-state index contributed by atoms with van der Waals surface area (Å²) in [7, 11) is 0. The number of benzene rings is 3. The van der Waals surface area contributed by atoms with Crippen LogP contribution in [0.25, 0.3) is 0 Å². The first-order chi connectivity index (χ1) is 20.9. The molecule has 1 N–H and O–H groups in total. The first kappa shape index (κ1) is 29.9. The molecule has 220 valence electrons. The Morgan fingerprint density at radius 2 is 1.33 bits per heavy atom. The summed E-state index contributed by atoms with van der Waals surface area (Å²) in [6, 6.07) is 24.6. The van der Waals surface area contributed by atoms with Gasteiger partial charge < -0.3 is 18.9 Å². The van der Waals surface area contributed by atoms with E-state index in [0.717, 1.165) is 4.68 Å². The van der Waals surface area contributed by atoms with Gasteiger partial charge >= 0.3 is 23.6 Å². The van der Waals surface area contributed by atoms with Crippen LogP contribution in [0.5, 0.6) is 0 Å². The summed E-state index contributed by atoms with van der Waals surface area (Å²) in [4.78, 5) is 54.8. The number of carbonyl (C=O) groups is 3. The van der Waals surface area contributed by atoms with Crippen molar-refractivity contribution in [2.24, 2.45) is 0 Å². The normalized spacial score (nSPS) is 19.4.